The summed E-state index contributed by atoms with van der Waals surface area (Å²) < 4.78 is 0. The van der Waals surface area contributed by atoms with E-state index in [0.29, 0.717) is 11.5 Å². The Morgan fingerprint density at radius 2 is 2.36 bits per heavy atom. The van der Waals surface area contributed by atoms with Gasteiger partial charge in [-0.1, -0.05) is 0 Å². The SMILES string of the molecule is N#Cc1cc(Nc2cc[nH]c2)ncn1. The van der Waals surface area contributed by atoms with Gasteiger partial charge in [-0.05, 0) is 6.07 Å². The minimum Gasteiger partial charge on any atom is -0.366 e. The first-order chi connectivity index (χ1) is 6.88. The van der Waals surface area contributed by atoms with Crippen LogP contribution in [0.2, 0.25) is 0 Å². The summed E-state index contributed by atoms with van der Waals surface area (Å²) in [5.74, 6) is 0.608. The van der Waals surface area contributed by atoms with Gasteiger partial charge in [-0.2, -0.15) is 5.26 Å². The van der Waals surface area contributed by atoms with Gasteiger partial charge in [-0.3, -0.25) is 0 Å². The second-order valence-electron chi connectivity index (χ2n) is 2.62. The fraction of sp³-hybridized carbons (Fsp3) is 0. The lowest BCUT2D eigenvalue weighted by Crippen LogP contribution is -1.94. The third-order valence-electron chi connectivity index (χ3n) is 1.65. The Balaban J connectivity index is 2.22. The Labute approximate surface area is 80.4 Å². The van der Waals surface area contributed by atoms with Crippen molar-refractivity contribution in [1.82, 2.24) is 15.0 Å². The van der Waals surface area contributed by atoms with Crippen LogP contribution in [-0.4, -0.2) is 15.0 Å². The normalized spacial score (nSPS) is 9.36. The van der Waals surface area contributed by atoms with E-state index in [9.17, 15) is 0 Å². The van der Waals surface area contributed by atoms with Gasteiger partial charge >= 0.3 is 0 Å². The molecule has 0 unspecified atom stereocenters. The van der Waals surface area contributed by atoms with Crippen LogP contribution in [-0.2, 0) is 0 Å². The van der Waals surface area contributed by atoms with Gasteiger partial charge in [-0.25, -0.2) is 9.97 Å². The van der Waals surface area contributed by atoms with Gasteiger partial charge in [0.1, 0.15) is 23.9 Å². The third kappa shape index (κ3) is 1.69. The lowest BCUT2D eigenvalue weighted by Gasteiger charge is -2.00. The van der Waals surface area contributed by atoms with Crippen LogP contribution in [0.15, 0.2) is 30.9 Å². The number of hydrogen-bond donors (Lipinski definition) is 2. The average molecular weight is 185 g/mol. The zero-order valence-corrected chi connectivity index (χ0v) is 7.23. The zero-order chi connectivity index (χ0) is 9.80. The molecular formula is C9H7N5. The largest absolute Gasteiger partial charge is 0.366 e. The molecule has 2 N–H and O–H groups in total. The second kappa shape index (κ2) is 3.58. The summed E-state index contributed by atoms with van der Waals surface area (Å²) in [4.78, 5) is 10.6. The van der Waals surface area contributed by atoms with Crippen LogP contribution < -0.4 is 5.32 Å². The molecule has 0 atom stereocenters. The number of nitrogens with one attached hydrogen (secondary N) is 2. The lowest BCUT2D eigenvalue weighted by atomic mass is 10.4. The van der Waals surface area contributed by atoms with Crippen LogP contribution in [0.3, 0.4) is 0 Å². The average Bonchev–Trinajstić information content (AvgIpc) is 2.71. The van der Waals surface area contributed by atoms with Crippen LogP contribution in [0, 0.1) is 11.3 Å². The number of hydrogen-bond acceptors (Lipinski definition) is 4. The Kier molecular flexibility index (Phi) is 2.11. The van der Waals surface area contributed by atoms with Gasteiger partial charge < -0.3 is 10.3 Å². The van der Waals surface area contributed by atoms with Crippen molar-refractivity contribution in [2.45, 2.75) is 0 Å². The van der Waals surface area contributed by atoms with E-state index in [1.54, 1.807) is 18.5 Å². The molecule has 0 saturated heterocycles. The highest BCUT2D eigenvalue weighted by Gasteiger charge is 1.98. The first-order valence-electron chi connectivity index (χ1n) is 4.00. The smallest absolute Gasteiger partial charge is 0.145 e. The Hall–Kier alpha value is -2.35. The van der Waals surface area contributed by atoms with Crippen molar-refractivity contribution in [2.75, 3.05) is 5.32 Å². The van der Waals surface area contributed by atoms with Gasteiger partial charge in [0, 0.05) is 18.5 Å². The van der Waals surface area contributed by atoms with Crippen LogP contribution >= 0.6 is 0 Å². The maximum Gasteiger partial charge on any atom is 0.145 e. The topological polar surface area (TPSA) is 77.4 Å². The maximum atomic E-state index is 8.61. The number of H-pyrrole nitrogens is 1. The molecule has 0 aliphatic rings. The monoisotopic (exact) mass is 185 g/mol. The summed E-state index contributed by atoms with van der Waals surface area (Å²) in [7, 11) is 0. The van der Waals surface area contributed by atoms with E-state index < -0.39 is 0 Å². The number of anilines is 2. The Morgan fingerprint density at radius 1 is 1.43 bits per heavy atom. The molecule has 2 rings (SSSR count). The van der Waals surface area contributed by atoms with E-state index >= 15 is 0 Å². The lowest BCUT2D eigenvalue weighted by molar-refractivity contribution is 1.14. The Bertz CT molecular complexity index is 454. The van der Waals surface area contributed by atoms with Gasteiger partial charge in [0.25, 0.3) is 0 Å². The molecule has 5 nitrogen and oxygen atoms in total. The molecule has 0 bridgehead atoms. The molecule has 0 saturated carbocycles. The maximum absolute atomic E-state index is 8.61. The number of aromatic amines is 1. The first-order valence-corrected chi connectivity index (χ1v) is 4.00. The number of aromatic nitrogens is 3. The summed E-state index contributed by atoms with van der Waals surface area (Å²) in [6.45, 7) is 0. The van der Waals surface area contributed by atoms with Gasteiger partial charge in [0.05, 0.1) is 5.69 Å². The molecule has 0 aliphatic heterocycles. The molecule has 0 aromatic carbocycles. The van der Waals surface area contributed by atoms with Crippen molar-refractivity contribution in [3.8, 4) is 6.07 Å². The highest BCUT2D eigenvalue weighted by Crippen LogP contribution is 2.12. The van der Waals surface area contributed by atoms with Crippen LogP contribution in [0.1, 0.15) is 5.69 Å². The molecule has 14 heavy (non-hydrogen) atoms. The van der Waals surface area contributed by atoms with Crippen molar-refractivity contribution in [3.63, 3.8) is 0 Å². The molecule has 5 heteroatoms. The fourth-order valence-electron chi connectivity index (χ4n) is 1.04. The van der Waals surface area contributed by atoms with Crippen molar-refractivity contribution >= 4 is 11.5 Å². The molecule has 0 spiro atoms. The summed E-state index contributed by atoms with van der Waals surface area (Å²) in [6.07, 6.45) is 4.95. The molecule has 68 valence electrons. The molecule has 0 fully saturated rings. The molecule has 2 aromatic rings. The minimum atomic E-state index is 0.345. The quantitative estimate of drug-likeness (QED) is 0.741. The molecule has 2 heterocycles. The second-order valence-corrected chi connectivity index (χ2v) is 2.62. The minimum absolute atomic E-state index is 0.345. The van der Waals surface area contributed by atoms with Crippen LogP contribution in [0.5, 0.6) is 0 Å². The van der Waals surface area contributed by atoms with E-state index in [2.05, 4.69) is 20.3 Å². The third-order valence-corrected chi connectivity index (χ3v) is 1.65. The van der Waals surface area contributed by atoms with Crippen molar-refractivity contribution in [2.24, 2.45) is 0 Å². The predicted molar refractivity (Wildman–Crippen MR) is 50.8 cm³/mol. The summed E-state index contributed by atoms with van der Waals surface area (Å²) in [5.41, 5.74) is 1.24. The highest BCUT2D eigenvalue weighted by molar-refractivity contribution is 5.55. The van der Waals surface area contributed by atoms with Gasteiger partial charge in [0.2, 0.25) is 0 Å². The van der Waals surface area contributed by atoms with Crippen molar-refractivity contribution in [1.29, 1.82) is 5.26 Å². The zero-order valence-electron chi connectivity index (χ0n) is 7.23. The van der Waals surface area contributed by atoms with E-state index in [1.165, 1.54) is 6.33 Å². The van der Waals surface area contributed by atoms with E-state index in [-0.39, 0.29) is 0 Å². The summed E-state index contributed by atoms with van der Waals surface area (Å²) in [5, 5.41) is 11.6. The fourth-order valence-corrected chi connectivity index (χ4v) is 1.04. The number of rotatable bonds is 2. The molecule has 2 aromatic heterocycles. The van der Waals surface area contributed by atoms with E-state index in [1.807, 2.05) is 12.1 Å². The highest BCUT2D eigenvalue weighted by atomic mass is 15.0. The van der Waals surface area contributed by atoms with Gasteiger partial charge in [-0.15, -0.1) is 0 Å². The molecule has 0 aliphatic carbocycles. The first kappa shape index (κ1) is 8.26. The Morgan fingerprint density at radius 3 is 3.07 bits per heavy atom. The standard InChI is InChI=1S/C9H7N5/c10-4-8-3-9(13-6-12-8)14-7-1-2-11-5-7/h1-3,5-6,11H,(H,12,13,14). The molecular weight excluding hydrogens is 178 g/mol. The van der Waals surface area contributed by atoms with Crippen molar-refractivity contribution in [3.05, 3.63) is 36.5 Å². The van der Waals surface area contributed by atoms with E-state index in [4.69, 9.17) is 5.26 Å². The van der Waals surface area contributed by atoms with Crippen LogP contribution in [0.25, 0.3) is 0 Å². The van der Waals surface area contributed by atoms with E-state index in [0.717, 1.165) is 5.69 Å². The summed E-state index contributed by atoms with van der Waals surface area (Å²) in [6, 6.07) is 5.41. The van der Waals surface area contributed by atoms with Crippen LogP contribution in [0.4, 0.5) is 11.5 Å². The van der Waals surface area contributed by atoms with Gasteiger partial charge in [0.15, 0.2) is 0 Å². The predicted octanol–water partition coefficient (Wildman–Crippen LogP) is 1.42. The summed E-state index contributed by atoms with van der Waals surface area (Å²) >= 11 is 0. The number of nitriles is 1. The number of nitrogens with zero attached hydrogens (tertiary/aromatic N) is 3. The van der Waals surface area contributed by atoms with Crippen molar-refractivity contribution < 1.29 is 0 Å². The molecule has 0 radical (unpaired) electrons. The molecule has 0 amide bonds.